The smallest absolute Gasteiger partial charge is 0.0357 e. The van der Waals surface area contributed by atoms with Crippen molar-refractivity contribution in [1.29, 1.82) is 0 Å². The van der Waals surface area contributed by atoms with Crippen molar-refractivity contribution >= 4 is 0 Å². The Bertz CT molecular complexity index is 1130. The predicted octanol–water partition coefficient (Wildman–Crippen LogP) is 7.97. The zero-order valence-corrected chi connectivity index (χ0v) is 21.5. The molecule has 0 aromatic heterocycles. The number of hydrogen-bond donors (Lipinski definition) is 0. The molecule has 0 N–H and O–H groups in total. The summed E-state index contributed by atoms with van der Waals surface area (Å²) in [4.78, 5) is 0. The minimum absolute atomic E-state index is 0.228. The van der Waals surface area contributed by atoms with E-state index < -0.39 is 0 Å². The lowest BCUT2D eigenvalue weighted by molar-refractivity contribution is -0.179. The van der Waals surface area contributed by atoms with E-state index in [1.807, 2.05) is 0 Å². The summed E-state index contributed by atoms with van der Waals surface area (Å²) in [6, 6.07) is 21.6. The Hall–Kier alpha value is -2.44. The SMILES string of the molecule is C(#CC12CC3CC(CC(C3)C1C1C3CC4CC(C3)CC1(C#Cc1ccccc1)C4)C2)c1ccccc1. The molecule has 6 atom stereocenters. The fraction of sp³-hybridized carbons (Fsp3) is 0.556. The van der Waals surface area contributed by atoms with E-state index in [9.17, 15) is 0 Å². The summed E-state index contributed by atoms with van der Waals surface area (Å²) >= 11 is 0. The summed E-state index contributed by atoms with van der Waals surface area (Å²) in [6.07, 6.45) is 14.3. The third-order valence-electron chi connectivity index (χ3n) is 11.6. The summed E-state index contributed by atoms with van der Waals surface area (Å²) in [5, 5.41) is 0. The molecule has 182 valence electrons. The zero-order chi connectivity index (χ0) is 23.7. The van der Waals surface area contributed by atoms with Gasteiger partial charge in [0.15, 0.2) is 0 Å². The summed E-state index contributed by atoms with van der Waals surface area (Å²) in [6.45, 7) is 0. The molecule has 8 fully saturated rings. The van der Waals surface area contributed by atoms with Crippen molar-refractivity contribution in [3.8, 4) is 23.7 Å². The fourth-order valence-corrected chi connectivity index (χ4v) is 11.2. The molecule has 10 rings (SSSR count). The molecule has 0 radical (unpaired) electrons. The first-order chi connectivity index (χ1) is 17.7. The lowest BCUT2D eigenvalue weighted by Crippen LogP contribution is -2.62. The highest BCUT2D eigenvalue weighted by atomic mass is 14.7. The summed E-state index contributed by atoms with van der Waals surface area (Å²) in [5.74, 6) is 22.7. The Labute approximate surface area is 217 Å². The van der Waals surface area contributed by atoms with Gasteiger partial charge < -0.3 is 0 Å². The second-order valence-corrected chi connectivity index (χ2v) is 13.8. The average Bonchev–Trinajstić information content (AvgIpc) is 2.88. The van der Waals surface area contributed by atoms with E-state index in [0.29, 0.717) is 0 Å². The van der Waals surface area contributed by atoms with E-state index in [1.165, 1.54) is 75.3 Å². The third kappa shape index (κ3) is 3.37. The second-order valence-electron chi connectivity index (χ2n) is 13.8. The van der Waals surface area contributed by atoms with Crippen LogP contribution >= 0.6 is 0 Å². The molecule has 0 saturated heterocycles. The Morgan fingerprint density at radius 3 is 1.19 bits per heavy atom. The molecule has 8 aliphatic carbocycles. The topological polar surface area (TPSA) is 0 Å². The maximum atomic E-state index is 4.10. The van der Waals surface area contributed by atoms with Gasteiger partial charge >= 0.3 is 0 Å². The normalized spacial score (nSPS) is 45.0. The van der Waals surface area contributed by atoms with Crippen LogP contribution in [0.3, 0.4) is 0 Å². The van der Waals surface area contributed by atoms with E-state index in [0.717, 1.165) is 47.3 Å². The van der Waals surface area contributed by atoms with Crippen LogP contribution in [0.15, 0.2) is 60.7 Å². The summed E-state index contributed by atoms with van der Waals surface area (Å²) in [7, 11) is 0. The van der Waals surface area contributed by atoms with Crippen LogP contribution in [0.5, 0.6) is 0 Å². The van der Waals surface area contributed by atoms with Gasteiger partial charge in [0.05, 0.1) is 0 Å². The van der Waals surface area contributed by atoms with Crippen LogP contribution in [0.4, 0.5) is 0 Å². The molecule has 2 aromatic rings. The van der Waals surface area contributed by atoms with E-state index in [4.69, 9.17) is 0 Å². The molecular formula is C36H38. The van der Waals surface area contributed by atoms with Crippen LogP contribution in [0.25, 0.3) is 0 Å². The van der Waals surface area contributed by atoms with Crippen LogP contribution < -0.4 is 0 Å². The van der Waals surface area contributed by atoms with Crippen molar-refractivity contribution < 1.29 is 0 Å². The van der Waals surface area contributed by atoms with E-state index in [2.05, 4.69) is 84.3 Å². The van der Waals surface area contributed by atoms with Gasteiger partial charge in [-0.3, -0.25) is 0 Å². The first-order valence-electron chi connectivity index (χ1n) is 14.8. The molecule has 8 aliphatic rings. The molecule has 0 heteroatoms. The van der Waals surface area contributed by atoms with Gasteiger partial charge in [-0.15, -0.1) is 0 Å². The van der Waals surface area contributed by atoms with Gasteiger partial charge in [0.2, 0.25) is 0 Å². The van der Waals surface area contributed by atoms with Gasteiger partial charge in [0.1, 0.15) is 0 Å². The van der Waals surface area contributed by atoms with Crippen molar-refractivity contribution in [1.82, 2.24) is 0 Å². The molecule has 0 heterocycles. The maximum absolute atomic E-state index is 4.10. The maximum Gasteiger partial charge on any atom is 0.0357 e. The molecule has 8 bridgehead atoms. The summed E-state index contributed by atoms with van der Waals surface area (Å²) < 4.78 is 0. The molecule has 6 unspecified atom stereocenters. The molecule has 0 aliphatic heterocycles. The molecular weight excluding hydrogens is 432 g/mol. The van der Waals surface area contributed by atoms with E-state index in [-0.39, 0.29) is 10.8 Å². The molecule has 36 heavy (non-hydrogen) atoms. The predicted molar refractivity (Wildman–Crippen MR) is 146 cm³/mol. The van der Waals surface area contributed by atoms with Crippen LogP contribution in [-0.4, -0.2) is 0 Å². The van der Waals surface area contributed by atoms with Gasteiger partial charge in [0, 0.05) is 22.0 Å². The largest absolute Gasteiger partial charge is 0.0907 e. The standard InChI is InChI=1S/C36H38/c1-3-7-25(8-4-1)11-13-35-21-27-15-28(22-35)18-31(17-27)33(35)34-32-19-29-16-30(20-32)24-36(34,23-29)14-12-26-9-5-2-6-10-26/h1-10,27-34H,15-24H2. The summed E-state index contributed by atoms with van der Waals surface area (Å²) in [5.41, 5.74) is 2.87. The lowest BCUT2D eigenvalue weighted by Gasteiger charge is -2.68. The molecule has 0 spiro atoms. The highest BCUT2D eigenvalue weighted by molar-refractivity contribution is 5.39. The van der Waals surface area contributed by atoms with Gasteiger partial charge in [-0.25, -0.2) is 0 Å². The van der Waals surface area contributed by atoms with Crippen molar-refractivity contribution in [2.24, 2.45) is 58.2 Å². The van der Waals surface area contributed by atoms with Gasteiger partial charge in [-0.05, 0) is 136 Å². The zero-order valence-electron chi connectivity index (χ0n) is 21.5. The van der Waals surface area contributed by atoms with Crippen LogP contribution in [0.1, 0.15) is 75.3 Å². The van der Waals surface area contributed by atoms with Crippen molar-refractivity contribution in [2.75, 3.05) is 0 Å². The monoisotopic (exact) mass is 470 g/mol. The van der Waals surface area contributed by atoms with E-state index in [1.54, 1.807) is 0 Å². The number of benzene rings is 2. The third-order valence-corrected chi connectivity index (χ3v) is 11.6. The number of hydrogen-bond acceptors (Lipinski definition) is 0. The fourth-order valence-electron chi connectivity index (χ4n) is 11.2. The first kappa shape index (κ1) is 21.6. The van der Waals surface area contributed by atoms with Crippen molar-refractivity contribution in [3.05, 3.63) is 71.8 Å². The first-order valence-corrected chi connectivity index (χ1v) is 14.8. The van der Waals surface area contributed by atoms with Crippen LogP contribution in [0, 0.1) is 81.9 Å². The van der Waals surface area contributed by atoms with Crippen molar-refractivity contribution in [3.63, 3.8) is 0 Å². The number of fused-ring (bicyclic) bond motifs is 1. The second kappa shape index (κ2) is 8.03. The van der Waals surface area contributed by atoms with Crippen LogP contribution in [0.2, 0.25) is 0 Å². The Morgan fingerprint density at radius 1 is 0.472 bits per heavy atom. The minimum Gasteiger partial charge on any atom is -0.0907 e. The molecule has 2 aromatic carbocycles. The minimum atomic E-state index is 0.228. The highest BCUT2D eigenvalue weighted by Crippen LogP contribution is 2.72. The molecule has 0 nitrogen and oxygen atoms in total. The lowest BCUT2D eigenvalue weighted by atomic mass is 9.35. The Kier molecular flexibility index (Phi) is 4.82. The number of rotatable bonds is 1. The highest BCUT2D eigenvalue weighted by Gasteiger charge is 2.66. The average molecular weight is 471 g/mol. The van der Waals surface area contributed by atoms with Gasteiger partial charge in [-0.2, -0.15) is 0 Å². The van der Waals surface area contributed by atoms with Gasteiger partial charge in [-0.1, -0.05) is 60.1 Å². The Morgan fingerprint density at radius 2 is 0.833 bits per heavy atom. The van der Waals surface area contributed by atoms with Crippen molar-refractivity contribution in [2.45, 2.75) is 64.2 Å². The van der Waals surface area contributed by atoms with Gasteiger partial charge in [0.25, 0.3) is 0 Å². The molecule has 0 amide bonds. The van der Waals surface area contributed by atoms with Crippen LogP contribution in [-0.2, 0) is 0 Å². The Balaban J connectivity index is 1.24. The molecule has 8 saturated carbocycles. The van der Waals surface area contributed by atoms with E-state index >= 15 is 0 Å². The quantitative estimate of drug-likeness (QED) is 0.371.